The highest BCUT2D eigenvalue weighted by Gasteiger charge is 2.39. The first-order valence-corrected chi connectivity index (χ1v) is 8.50. The summed E-state index contributed by atoms with van der Waals surface area (Å²) in [6.07, 6.45) is -1.01. The number of fused-ring (bicyclic) bond motifs is 1. The quantitative estimate of drug-likeness (QED) is 0.463. The summed E-state index contributed by atoms with van der Waals surface area (Å²) in [5.41, 5.74) is 1.09. The van der Waals surface area contributed by atoms with Crippen molar-refractivity contribution in [2.24, 2.45) is 5.92 Å². The molecule has 1 aliphatic rings. The monoisotopic (exact) mass is 358 g/mol. The molecule has 1 aromatic carbocycles. The first-order valence-electron chi connectivity index (χ1n) is 8.50. The minimum atomic E-state index is -0.661. The molecule has 2 heterocycles. The lowest BCUT2D eigenvalue weighted by atomic mass is 9.98. The molecule has 0 amide bonds. The lowest BCUT2D eigenvalue weighted by Crippen LogP contribution is -2.24. The first-order chi connectivity index (χ1) is 12.4. The van der Waals surface area contributed by atoms with Crippen molar-refractivity contribution in [3.8, 4) is 5.75 Å². The molecular weight excluding hydrogens is 336 g/mol. The van der Waals surface area contributed by atoms with Crippen molar-refractivity contribution in [3.63, 3.8) is 0 Å². The summed E-state index contributed by atoms with van der Waals surface area (Å²) in [4.78, 5) is 23.9. The van der Waals surface area contributed by atoms with Crippen molar-refractivity contribution in [1.82, 2.24) is 0 Å². The van der Waals surface area contributed by atoms with Gasteiger partial charge in [0.2, 0.25) is 0 Å². The fraction of sp³-hybridized carbons (Fsp3) is 0.400. The van der Waals surface area contributed by atoms with Crippen LogP contribution in [0, 0.1) is 5.92 Å². The number of methoxy groups -OCH3 is 1. The standard InChI is InChI=1S/C20H22O6/c1-11(2)9-16(22)26-18-12(3)10-24-20(18)17-14(23-4)7-5-13-6-8-15(21)25-19(13)17/h5-8,11,18,20H,3,9-10H2,1-2,4H3/t18-,20-/m1/s1. The van der Waals surface area contributed by atoms with E-state index in [9.17, 15) is 9.59 Å². The molecule has 6 nitrogen and oxygen atoms in total. The van der Waals surface area contributed by atoms with Crippen LogP contribution in [0.15, 0.2) is 45.6 Å². The Morgan fingerprint density at radius 3 is 2.73 bits per heavy atom. The van der Waals surface area contributed by atoms with Crippen LogP contribution in [-0.4, -0.2) is 25.8 Å². The predicted octanol–water partition coefficient (Wildman–Crippen LogP) is 3.39. The van der Waals surface area contributed by atoms with Crippen LogP contribution in [0.4, 0.5) is 0 Å². The second-order valence-corrected chi connectivity index (χ2v) is 6.75. The third kappa shape index (κ3) is 3.51. The maximum absolute atomic E-state index is 12.2. The van der Waals surface area contributed by atoms with E-state index in [2.05, 4.69) is 6.58 Å². The Morgan fingerprint density at radius 2 is 2.04 bits per heavy atom. The Morgan fingerprint density at radius 1 is 1.31 bits per heavy atom. The molecule has 6 heteroatoms. The minimum absolute atomic E-state index is 0.182. The largest absolute Gasteiger partial charge is 0.496 e. The second-order valence-electron chi connectivity index (χ2n) is 6.75. The number of esters is 1. The van der Waals surface area contributed by atoms with E-state index in [-0.39, 0.29) is 18.5 Å². The molecule has 138 valence electrons. The smallest absolute Gasteiger partial charge is 0.336 e. The molecule has 1 saturated heterocycles. The van der Waals surface area contributed by atoms with Gasteiger partial charge in [-0.2, -0.15) is 0 Å². The maximum Gasteiger partial charge on any atom is 0.336 e. The summed E-state index contributed by atoms with van der Waals surface area (Å²) < 4.78 is 22.3. The van der Waals surface area contributed by atoms with Crippen LogP contribution in [0.5, 0.6) is 5.75 Å². The Hall–Kier alpha value is -2.60. The summed E-state index contributed by atoms with van der Waals surface area (Å²) >= 11 is 0. The van der Waals surface area contributed by atoms with E-state index in [0.29, 0.717) is 28.9 Å². The number of rotatable bonds is 5. The van der Waals surface area contributed by atoms with Crippen LogP contribution in [0.3, 0.4) is 0 Å². The van der Waals surface area contributed by atoms with Gasteiger partial charge in [0.15, 0.2) is 6.10 Å². The molecule has 0 aliphatic carbocycles. The van der Waals surface area contributed by atoms with E-state index in [1.165, 1.54) is 13.2 Å². The van der Waals surface area contributed by atoms with Crippen LogP contribution < -0.4 is 10.4 Å². The van der Waals surface area contributed by atoms with E-state index in [0.717, 1.165) is 5.39 Å². The van der Waals surface area contributed by atoms with Gasteiger partial charge in [0, 0.05) is 17.9 Å². The van der Waals surface area contributed by atoms with Crippen LogP contribution in [0.1, 0.15) is 31.9 Å². The van der Waals surface area contributed by atoms with Crippen LogP contribution in [0.25, 0.3) is 11.0 Å². The fourth-order valence-electron chi connectivity index (χ4n) is 3.07. The number of benzene rings is 1. The molecule has 2 aromatic rings. The Bertz CT molecular complexity index is 895. The molecule has 1 aliphatic heterocycles. The van der Waals surface area contributed by atoms with Gasteiger partial charge < -0.3 is 18.6 Å². The molecule has 2 atom stereocenters. The van der Waals surface area contributed by atoms with Gasteiger partial charge in [-0.3, -0.25) is 4.79 Å². The minimum Gasteiger partial charge on any atom is -0.496 e. The lowest BCUT2D eigenvalue weighted by Gasteiger charge is -2.22. The summed E-state index contributed by atoms with van der Waals surface area (Å²) in [6, 6.07) is 6.60. The van der Waals surface area contributed by atoms with Crippen LogP contribution in [0.2, 0.25) is 0 Å². The van der Waals surface area contributed by atoms with E-state index in [1.807, 2.05) is 13.8 Å². The summed E-state index contributed by atoms with van der Waals surface area (Å²) in [6.45, 7) is 8.10. The van der Waals surface area contributed by atoms with Gasteiger partial charge in [-0.05, 0) is 29.7 Å². The zero-order chi connectivity index (χ0) is 18.8. The number of hydrogen-bond donors (Lipinski definition) is 0. The van der Waals surface area contributed by atoms with Gasteiger partial charge >= 0.3 is 11.6 Å². The average molecular weight is 358 g/mol. The third-order valence-corrected chi connectivity index (χ3v) is 4.25. The predicted molar refractivity (Wildman–Crippen MR) is 96.2 cm³/mol. The zero-order valence-corrected chi connectivity index (χ0v) is 15.1. The summed E-state index contributed by atoms with van der Waals surface area (Å²) in [5.74, 6) is 0.361. The SMILES string of the molecule is C=C1CO[C@H](c2c(OC)ccc3ccc(=O)oc23)[C@@H]1OC(=O)CC(C)C. The number of ether oxygens (including phenoxy) is 3. The van der Waals surface area contributed by atoms with Crippen molar-refractivity contribution in [2.75, 3.05) is 13.7 Å². The Balaban J connectivity index is 2.06. The number of hydrogen-bond acceptors (Lipinski definition) is 6. The molecule has 3 rings (SSSR count). The normalized spacial score (nSPS) is 19.9. The Kier molecular flexibility index (Phi) is 5.13. The molecule has 1 fully saturated rings. The van der Waals surface area contributed by atoms with Gasteiger partial charge in [0.05, 0.1) is 19.3 Å². The van der Waals surface area contributed by atoms with Gasteiger partial charge in [-0.15, -0.1) is 0 Å². The molecule has 0 radical (unpaired) electrons. The van der Waals surface area contributed by atoms with E-state index in [4.69, 9.17) is 18.6 Å². The number of carbonyl (C=O) groups excluding carboxylic acids is 1. The molecule has 0 bridgehead atoms. The topological polar surface area (TPSA) is 75.0 Å². The highest BCUT2D eigenvalue weighted by molar-refractivity contribution is 5.83. The molecule has 0 unspecified atom stereocenters. The van der Waals surface area contributed by atoms with E-state index in [1.54, 1.807) is 18.2 Å². The molecule has 0 saturated carbocycles. The maximum atomic E-state index is 12.2. The summed E-state index contributed by atoms with van der Waals surface area (Å²) in [7, 11) is 1.52. The van der Waals surface area contributed by atoms with Crippen molar-refractivity contribution >= 4 is 16.9 Å². The molecule has 0 N–H and O–H groups in total. The highest BCUT2D eigenvalue weighted by Crippen LogP contribution is 2.42. The van der Waals surface area contributed by atoms with Gasteiger partial charge in [-0.25, -0.2) is 4.79 Å². The molecular formula is C20H22O6. The second kappa shape index (κ2) is 7.33. The van der Waals surface area contributed by atoms with E-state index >= 15 is 0 Å². The zero-order valence-electron chi connectivity index (χ0n) is 15.1. The van der Waals surface area contributed by atoms with Gasteiger partial charge in [0.1, 0.15) is 17.4 Å². The number of carbonyl (C=O) groups is 1. The van der Waals surface area contributed by atoms with Gasteiger partial charge in [-0.1, -0.05) is 20.4 Å². The lowest BCUT2D eigenvalue weighted by molar-refractivity contribution is -0.151. The van der Waals surface area contributed by atoms with Crippen molar-refractivity contribution in [1.29, 1.82) is 0 Å². The summed E-state index contributed by atoms with van der Waals surface area (Å²) in [5, 5.41) is 0.730. The first kappa shape index (κ1) is 18.2. The fourth-order valence-corrected chi connectivity index (χ4v) is 3.07. The van der Waals surface area contributed by atoms with Gasteiger partial charge in [0.25, 0.3) is 0 Å². The van der Waals surface area contributed by atoms with Crippen molar-refractivity contribution in [3.05, 3.63) is 52.4 Å². The Labute approximate surface area is 151 Å². The molecule has 0 spiro atoms. The third-order valence-electron chi connectivity index (χ3n) is 4.25. The average Bonchev–Trinajstić information content (AvgIpc) is 2.93. The van der Waals surface area contributed by atoms with Crippen molar-refractivity contribution < 1.29 is 23.4 Å². The molecule has 26 heavy (non-hydrogen) atoms. The molecule has 1 aromatic heterocycles. The van der Waals surface area contributed by atoms with Crippen LogP contribution in [-0.2, 0) is 14.3 Å². The van der Waals surface area contributed by atoms with E-state index < -0.39 is 17.8 Å². The van der Waals surface area contributed by atoms with Crippen molar-refractivity contribution in [2.45, 2.75) is 32.5 Å². The highest BCUT2D eigenvalue weighted by atomic mass is 16.6. The van der Waals surface area contributed by atoms with Crippen LogP contribution >= 0.6 is 0 Å².